The van der Waals surface area contributed by atoms with Gasteiger partial charge in [-0.1, -0.05) is 12.1 Å². The van der Waals surface area contributed by atoms with Gasteiger partial charge in [-0.05, 0) is 37.0 Å². The van der Waals surface area contributed by atoms with Crippen molar-refractivity contribution in [2.45, 2.75) is 26.2 Å². The van der Waals surface area contributed by atoms with Crippen LogP contribution in [-0.4, -0.2) is 31.0 Å². The van der Waals surface area contributed by atoms with Crippen LogP contribution < -0.4 is 4.74 Å². The van der Waals surface area contributed by atoms with Gasteiger partial charge in [0.25, 0.3) is 0 Å². The van der Waals surface area contributed by atoms with E-state index in [-0.39, 0.29) is 5.91 Å². The van der Waals surface area contributed by atoms with Crippen LogP contribution >= 0.6 is 0 Å². The van der Waals surface area contributed by atoms with Crippen LogP contribution in [0.25, 0.3) is 0 Å². The van der Waals surface area contributed by atoms with E-state index < -0.39 is 0 Å². The third-order valence-corrected chi connectivity index (χ3v) is 3.29. The van der Waals surface area contributed by atoms with Gasteiger partial charge in [0.15, 0.2) is 0 Å². The highest BCUT2D eigenvalue weighted by Crippen LogP contribution is 2.20. The molecule has 0 radical (unpaired) electrons. The Bertz CT molecular complexity index is 409. The molecule has 2 rings (SSSR count). The number of rotatable bonds is 3. The Hall–Kier alpha value is -1.51. The van der Waals surface area contributed by atoms with E-state index in [1.165, 1.54) is 0 Å². The highest BCUT2D eigenvalue weighted by molar-refractivity contribution is 5.79. The number of carbonyl (C=O) groups is 1. The molecule has 1 fully saturated rings. The van der Waals surface area contributed by atoms with Crippen molar-refractivity contribution in [1.29, 1.82) is 0 Å². The van der Waals surface area contributed by atoms with Crippen molar-refractivity contribution in [1.82, 2.24) is 4.90 Å². The largest absolute Gasteiger partial charge is 0.496 e. The van der Waals surface area contributed by atoms with Gasteiger partial charge < -0.3 is 9.64 Å². The second kappa shape index (κ2) is 5.21. The van der Waals surface area contributed by atoms with E-state index in [1.54, 1.807) is 7.11 Å². The Labute approximate surface area is 102 Å². The average molecular weight is 233 g/mol. The molecule has 1 amide bonds. The van der Waals surface area contributed by atoms with E-state index in [0.717, 1.165) is 42.8 Å². The number of carbonyl (C=O) groups excluding carboxylic acids is 1. The van der Waals surface area contributed by atoms with Crippen molar-refractivity contribution >= 4 is 5.91 Å². The Kier molecular flexibility index (Phi) is 3.67. The van der Waals surface area contributed by atoms with Crippen molar-refractivity contribution in [2.24, 2.45) is 0 Å². The summed E-state index contributed by atoms with van der Waals surface area (Å²) in [7, 11) is 1.66. The zero-order valence-electron chi connectivity index (χ0n) is 10.5. The molecule has 17 heavy (non-hydrogen) atoms. The van der Waals surface area contributed by atoms with E-state index in [0.29, 0.717) is 6.42 Å². The van der Waals surface area contributed by atoms with Crippen molar-refractivity contribution < 1.29 is 9.53 Å². The summed E-state index contributed by atoms with van der Waals surface area (Å²) < 4.78 is 5.27. The fraction of sp³-hybridized carbons (Fsp3) is 0.500. The summed E-state index contributed by atoms with van der Waals surface area (Å²) in [6.07, 6.45) is 2.77. The number of likely N-dealkylation sites (tertiary alicyclic amines) is 1. The SMILES string of the molecule is COc1cc(CC(=O)N2CCCC2)ccc1C. The molecular weight excluding hydrogens is 214 g/mol. The van der Waals surface area contributed by atoms with Crippen molar-refractivity contribution in [3.05, 3.63) is 29.3 Å². The van der Waals surface area contributed by atoms with Crippen LogP contribution in [-0.2, 0) is 11.2 Å². The summed E-state index contributed by atoms with van der Waals surface area (Å²) in [6, 6.07) is 5.97. The monoisotopic (exact) mass is 233 g/mol. The molecule has 1 aromatic carbocycles. The first-order valence-corrected chi connectivity index (χ1v) is 6.12. The van der Waals surface area contributed by atoms with Gasteiger partial charge in [0.1, 0.15) is 5.75 Å². The number of hydrogen-bond acceptors (Lipinski definition) is 2. The van der Waals surface area contributed by atoms with Crippen LogP contribution in [0.1, 0.15) is 24.0 Å². The minimum absolute atomic E-state index is 0.230. The maximum atomic E-state index is 12.0. The third-order valence-electron chi connectivity index (χ3n) is 3.29. The zero-order valence-corrected chi connectivity index (χ0v) is 10.5. The first-order chi connectivity index (χ1) is 8.20. The second-order valence-electron chi connectivity index (χ2n) is 4.57. The molecule has 1 aromatic rings. The number of ether oxygens (including phenoxy) is 1. The quantitative estimate of drug-likeness (QED) is 0.800. The van der Waals surface area contributed by atoms with Crippen LogP contribution in [0.2, 0.25) is 0 Å². The minimum Gasteiger partial charge on any atom is -0.496 e. The fourth-order valence-corrected chi connectivity index (χ4v) is 2.23. The van der Waals surface area contributed by atoms with Crippen LogP contribution in [0.4, 0.5) is 0 Å². The molecule has 0 unspecified atom stereocenters. The van der Waals surface area contributed by atoms with E-state index in [9.17, 15) is 4.79 Å². The maximum absolute atomic E-state index is 12.0. The van der Waals surface area contributed by atoms with Crippen molar-refractivity contribution in [3.63, 3.8) is 0 Å². The van der Waals surface area contributed by atoms with Crippen molar-refractivity contribution in [3.8, 4) is 5.75 Å². The molecule has 1 aliphatic heterocycles. The Balaban J connectivity index is 2.05. The minimum atomic E-state index is 0.230. The number of aryl methyl sites for hydroxylation is 1. The molecule has 0 aliphatic carbocycles. The summed E-state index contributed by atoms with van der Waals surface area (Å²) in [5, 5.41) is 0. The van der Waals surface area contributed by atoms with E-state index >= 15 is 0 Å². The standard InChI is InChI=1S/C14H19NO2/c1-11-5-6-12(9-13(11)17-2)10-14(16)15-7-3-4-8-15/h5-6,9H,3-4,7-8,10H2,1-2H3. The lowest BCUT2D eigenvalue weighted by molar-refractivity contribution is -0.129. The molecule has 0 atom stereocenters. The molecule has 92 valence electrons. The molecule has 1 heterocycles. The van der Waals surface area contributed by atoms with Gasteiger partial charge in [0.2, 0.25) is 5.91 Å². The zero-order chi connectivity index (χ0) is 12.3. The molecule has 0 bridgehead atoms. The van der Waals surface area contributed by atoms with Crippen molar-refractivity contribution in [2.75, 3.05) is 20.2 Å². The van der Waals surface area contributed by atoms with Gasteiger partial charge >= 0.3 is 0 Å². The molecule has 0 N–H and O–H groups in total. The van der Waals surface area contributed by atoms with E-state index in [4.69, 9.17) is 4.74 Å². The summed E-state index contributed by atoms with van der Waals surface area (Å²) in [6.45, 7) is 3.84. The molecule has 0 aromatic heterocycles. The van der Waals surface area contributed by atoms with E-state index in [2.05, 4.69) is 0 Å². The molecular formula is C14H19NO2. The molecule has 0 spiro atoms. The number of benzene rings is 1. The Morgan fingerprint density at radius 2 is 2.06 bits per heavy atom. The molecule has 3 heteroatoms. The topological polar surface area (TPSA) is 29.5 Å². The highest BCUT2D eigenvalue weighted by Gasteiger charge is 2.18. The van der Waals surface area contributed by atoms with Crippen LogP contribution in [0.3, 0.4) is 0 Å². The van der Waals surface area contributed by atoms with Gasteiger partial charge in [0, 0.05) is 13.1 Å². The average Bonchev–Trinajstić information content (AvgIpc) is 2.85. The van der Waals surface area contributed by atoms with E-state index in [1.807, 2.05) is 30.0 Å². The number of nitrogens with zero attached hydrogens (tertiary/aromatic N) is 1. The summed E-state index contributed by atoms with van der Waals surface area (Å²) in [5.41, 5.74) is 2.13. The number of amides is 1. The molecule has 1 aliphatic rings. The van der Waals surface area contributed by atoms with Gasteiger partial charge in [0.05, 0.1) is 13.5 Å². The van der Waals surface area contributed by atoms with Gasteiger partial charge in [-0.2, -0.15) is 0 Å². The normalized spacial score (nSPS) is 15.1. The predicted octanol–water partition coefficient (Wildman–Crippen LogP) is 2.17. The predicted molar refractivity (Wildman–Crippen MR) is 67.2 cm³/mol. The third kappa shape index (κ3) is 2.78. The lowest BCUT2D eigenvalue weighted by atomic mass is 10.1. The van der Waals surface area contributed by atoms with Crippen LogP contribution in [0.5, 0.6) is 5.75 Å². The first kappa shape index (κ1) is 12.0. The number of hydrogen-bond donors (Lipinski definition) is 0. The summed E-state index contributed by atoms with van der Waals surface area (Å²) >= 11 is 0. The van der Waals surface area contributed by atoms with Gasteiger partial charge in [-0.3, -0.25) is 4.79 Å². The summed E-state index contributed by atoms with van der Waals surface area (Å²) in [4.78, 5) is 13.9. The van der Waals surface area contributed by atoms with Crippen LogP contribution in [0, 0.1) is 6.92 Å². The molecule has 0 saturated carbocycles. The summed E-state index contributed by atoms with van der Waals surface area (Å²) in [5.74, 6) is 1.09. The Morgan fingerprint density at radius 3 is 2.71 bits per heavy atom. The van der Waals surface area contributed by atoms with Gasteiger partial charge in [-0.25, -0.2) is 0 Å². The van der Waals surface area contributed by atoms with Crippen LogP contribution in [0.15, 0.2) is 18.2 Å². The highest BCUT2D eigenvalue weighted by atomic mass is 16.5. The first-order valence-electron chi connectivity index (χ1n) is 6.12. The molecule has 1 saturated heterocycles. The number of methoxy groups -OCH3 is 1. The lowest BCUT2D eigenvalue weighted by Crippen LogP contribution is -2.29. The van der Waals surface area contributed by atoms with Gasteiger partial charge in [-0.15, -0.1) is 0 Å². The second-order valence-corrected chi connectivity index (χ2v) is 4.57. The fourth-order valence-electron chi connectivity index (χ4n) is 2.23. The lowest BCUT2D eigenvalue weighted by Gasteiger charge is -2.15. The Morgan fingerprint density at radius 1 is 1.35 bits per heavy atom. The maximum Gasteiger partial charge on any atom is 0.226 e. The molecule has 3 nitrogen and oxygen atoms in total. The smallest absolute Gasteiger partial charge is 0.226 e.